The zero-order valence-corrected chi connectivity index (χ0v) is 9.38. The van der Waals surface area contributed by atoms with E-state index in [1.165, 1.54) is 0 Å². The summed E-state index contributed by atoms with van der Waals surface area (Å²) in [5.41, 5.74) is 0. The lowest BCUT2D eigenvalue weighted by molar-refractivity contribution is 0.166. The van der Waals surface area contributed by atoms with Crippen LogP contribution in [0.25, 0.3) is 0 Å². The van der Waals surface area contributed by atoms with Crippen LogP contribution in [0.3, 0.4) is 0 Å². The molecular weight excluding hydrogens is 194 g/mol. The Bertz CT molecular complexity index is 89.1. The summed E-state index contributed by atoms with van der Waals surface area (Å²) in [5, 5.41) is 3.39. The Kier molecular flexibility index (Phi) is 10.1. The Balaban J connectivity index is 3.34. The summed E-state index contributed by atoms with van der Waals surface area (Å²) in [7, 11) is 1.72. The van der Waals surface area contributed by atoms with Crippen molar-refractivity contribution in [3.05, 3.63) is 0 Å². The summed E-state index contributed by atoms with van der Waals surface area (Å²) < 4.78 is 5.06. The highest BCUT2D eigenvalue weighted by atomic mass is 35.5. The first-order chi connectivity index (χ1) is 5.85. The first kappa shape index (κ1) is 12.6. The van der Waals surface area contributed by atoms with Crippen LogP contribution in [0.2, 0.25) is 0 Å². The highest BCUT2D eigenvalue weighted by Gasteiger charge is 2.05. The summed E-state index contributed by atoms with van der Waals surface area (Å²) in [6.07, 6.45) is 3.08. The van der Waals surface area contributed by atoms with E-state index < -0.39 is 0 Å². The number of methoxy groups -OCH3 is 1. The fourth-order valence-electron chi connectivity index (χ4n) is 0.942. The van der Waals surface area contributed by atoms with E-state index in [0.29, 0.717) is 11.9 Å². The van der Waals surface area contributed by atoms with Crippen molar-refractivity contribution in [2.45, 2.75) is 12.5 Å². The van der Waals surface area contributed by atoms with Gasteiger partial charge < -0.3 is 10.1 Å². The van der Waals surface area contributed by atoms with Gasteiger partial charge in [-0.05, 0) is 12.7 Å². The summed E-state index contributed by atoms with van der Waals surface area (Å²) >= 11 is 7.49. The normalized spacial score (nSPS) is 13.2. The average Bonchev–Trinajstić information content (AvgIpc) is 2.06. The first-order valence-electron chi connectivity index (χ1n) is 4.12. The van der Waals surface area contributed by atoms with E-state index in [1.54, 1.807) is 7.11 Å². The molecule has 0 aromatic heterocycles. The number of nitrogens with one attached hydrogen (secondary N) is 1. The molecule has 12 heavy (non-hydrogen) atoms. The van der Waals surface area contributed by atoms with E-state index in [9.17, 15) is 0 Å². The van der Waals surface area contributed by atoms with Crippen molar-refractivity contribution in [3.8, 4) is 0 Å². The maximum atomic E-state index is 5.64. The maximum Gasteiger partial charge on any atom is 0.0616 e. The van der Waals surface area contributed by atoms with Crippen LogP contribution in [0, 0.1) is 0 Å². The van der Waals surface area contributed by atoms with Gasteiger partial charge in [-0.25, -0.2) is 0 Å². The predicted octanol–water partition coefficient (Wildman–Crippen LogP) is 1.58. The fraction of sp³-hybridized carbons (Fsp3) is 1.00. The molecule has 0 aliphatic heterocycles. The summed E-state index contributed by atoms with van der Waals surface area (Å²) in [6, 6.07) is 0.416. The Labute approximate surface area is 84.4 Å². The molecular formula is C8H18ClNOS. The molecule has 0 amide bonds. The van der Waals surface area contributed by atoms with Crippen molar-refractivity contribution in [1.29, 1.82) is 0 Å². The quantitative estimate of drug-likeness (QED) is 0.487. The molecule has 0 heterocycles. The number of hydrogen-bond donors (Lipinski definition) is 1. The summed E-state index contributed by atoms with van der Waals surface area (Å²) in [4.78, 5) is 0. The Hall–Kier alpha value is 0.560. The molecule has 1 unspecified atom stereocenters. The molecule has 0 saturated heterocycles. The van der Waals surface area contributed by atoms with Gasteiger partial charge in [0.2, 0.25) is 0 Å². The van der Waals surface area contributed by atoms with Crippen LogP contribution in [-0.4, -0.2) is 44.2 Å². The Morgan fingerprint density at radius 3 is 2.83 bits per heavy atom. The molecule has 0 spiro atoms. The van der Waals surface area contributed by atoms with Crippen molar-refractivity contribution < 1.29 is 4.74 Å². The Morgan fingerprint density at radius 1 is 1.58 bits per heavy atom. The minimum absolute atomic E-state index is 0.416. The first-order valence-corrected chi connectivity index (χ1v) is 6.05. The number of hydrogen-bond acceptors (Lipinski definition) is 3. The molecule has 4 heteroatoms. The van der Waals surface area contributed by atoms with Crippen LogP contribution in [0.4, 0.5) is 0 Å². The molecule has 0 aliphatic rings. The zero-order valence-electron chi connectivity index (χ0n) is 7.81. The van der Waals surface area contributed by atoms with E-state index in [0.717, 1.165) is 25.3 Å². The minimum Gasteiger partial charge on any atom is -0.383 e. The lowest BCUT2D eigenvalue weighted by atomic mass is 10.2. The lowest BCUT2D eigenvalue weighted by Gasteiger charge is -2.15. The molecule has 0 bridgehead atoms. The van der Waals surface area contributed by atoms with Crippen LogP contribution < -0.4 is 5.32 Å². The van der Waals surface area contributed by atoms with Crippen molar-refractivity contribution in [2.24, 2.45) is 0 Å². The summed E-state index contributed by atoms with van der Waals surface area (Å²) in [5.74, 6) is 1.84. The third-order valence-corrected chi connectivity index (χ3v) is 2.40. The molecule has 0 aliphatic carbocycles. The molecule has 0 aromatic rings. The van der Waals surface area contributed by atoms with Gasteiger partial charge in [0.1, 0.15) is 0 Å². The molecule has 0 fully saturated rings. The fourth-order valence-corrected chi connectivity index (χ4v) is 1.53. The monoisotopic (exact) mass is 211 g/mol. The molecule has 0 rings (SSSR count). The number of ether oxygens (including phenoxy) is 1. The van der Waals surface area contributed by atoms with Gasteiger partial charge in [-0.2, -0.15) is 11.8 Å². The highest BCUT2D eigenvalue weighted by molar-refractivity contribution is 7.98. The standard InChI is InChI=1S/C8H18ClNOS/c1-11-7-8(3-4-9)10-5-6-12-2/h8,10H,3-7H2,1-2H3. The SMILES string of the molecule is COCC(CCCl)NCCSC. The molecule has 0 saturated carbocycles. The second-order valence-corrected chi connectivity index (χ2v) is 3.94. The van der Waals surface area contributed by atoms with Crippen LogP contribution in [0.15, 0.2) is 0 Å². The van der Waals surface area contributed by atoms with Gasteiger partial charge in [-0.15, -0.1) is 11.6 Å². The number of alkyl halides is 1. The van der Waals surface area contributed by atoms with Crippen LogP contribution in [0.1, 0.15) is 6.42 Å². The highest BCUT2D eigenvalue weighted by Crippen LogP contribution is 1.96. The van der Waals surface area contributed by atoms with Crippen LogP contribution >= 0.6 is 23.4 Å². The largest absolute Gasteiger partial charge is 0.383 e. The molecule has 1 atom stereocenters. The van der Waals surface area contributed by atoms with Gasteiger partial charge in [0.05, 0.1) is 6.61 Å². The minimum atomic E-state index is 0.416. The van der Waals surface area contributed by atoms with Crippen LogP contribution in [-0.2, 0) is 4.74 Å². The third kappa shape index (κ3) is 7.22. The predicted molar refractivity (Wildman–Crippen MR) is 57.4 cm³/mol. The average molecular weight is 212 g/mol. The van der Waals surface area contributed by atoms with Crippen molar-refractivity contribution >= 4 is 23.4 Å². The van der Waals surface area contributed by atoms with Crippen LogP contribution in [0.5, 0.6) is 0 Å². The zero-order chi connectivity index (χ0) is 9.23. The van der Waals surface area contributed by atoms with Crippen molar-refractivity contribution in [2.75, 3.05) is 38.2 Å². The van der Waals surface area contributed by atoms with Gasteiger partial charge in [0.25, 0.3) is 0 Å². The van der Waals surface area contributed by atoms with E-state index in [1.807, 2.05) is 11.8 Å². The topological polar surface area (TPSA) is 21.3 Å². The van der Waals surface area contributed by atoms with Gasteiger partial charge in [0.15, 0.2) is 0 Å². The van der Waals surface area contributed by atoms with E-state index in [4.69, 9.17) is 16.3 Å². The molecule has 0 radical (unpaired) electrons. The maximum absolute atomic E-state index is 5.64. The van der Waals surface area contributed by atoms with Gasteiger partial charge in [-0.3, -0.25) is 0 Å². The van der Waals surface area contributed by atoms with E-state index in [2.05, 4.69) is 11.6 Å². The lowest BCUT2D eigenvalue weighted by Crippen LogP contribution is -2.35. The molecule has 74 valence electrons. The van der Waals surface area contributed by atoms with Crippen molar-refractivity contribution in [3.63, 3.8) is 0 Å². The van der Waals surface area contributed by atoms with Crippen molar-refractivity contribution in [1.82, 2.24) is 5.32 Å². The molecule has 1 N–H and O–H groups in total. The van der Waals surface area contributed by atoms with Gasteiger partial charge in [-0.1, -0.05) is 0 Å². The number of thioether (sulfide) groups is 1. The van der Waals surface area contributed by atoms with Gasteiger partial charge in [0, 0.05) is 31.3 Å². The third-order valence-electron chi connectivity index (χ3n) is 1.56. The second-order valence-electron chi connectivity index (χ2n) is 2.58. The number of rotatable bonds is 8. The van der Waals surface area contributed by atoms with Gasteiger partial charge >= 0.3 is 0 Å². The number of halogens is 1. The van der Waals surface area contributed by atoms with E-state index in [-0.39, 0.29) is 0 Å². The van der Waals surface area contributed by atoms with E-state index >= 15 is 0 Å². The summed E-state index contributed by atoms with van der Waals surface area (Å²) in [6.45, 7) is 1.78. The smallest absolute Gasteiger partial charge is 0.0616 e. The molecule has 2 nitrogen and oxygen atoms in total. The Morgan fingerprint density at radius 2 is 2.33 bits per heavy atom. The molecule has 0 aromatic carbocycles. The second kappa shape index (κ2) is 9.65.